The van der Waals surface area contributed by atoms with Crippen LogP contribution in [0.25, 0.3) is 0 Å². The van der Waals surface area contributed by atoms with E-state index in [2.05, 4.69) is 9.97 Å². The van der Waals surface area contributed by atoms with Crippen LogP contribution in [-0.2, 0) is 14.8 Å². The van der Waals surface area contributed by atoms with Gasteiger partial charge in [-0.15, -0.1) is 0 Å². The van der Waals surface area contributed by atoms with Gasteiger partial charge in [0.25, 0.3) is 10.0 Å². The first-order valence-corrected chi connectivity index (χ1v) is 7.02. The maximum absolute atomic E-state index is 12.2. The number of piperidine rings is 1. The fourth-order valence-corrected chi connectivity index (χ4v) is 3.41. The second-order valence-corrected chi connectivity index (χ2v) is 6.08. The number of sulfonamides is 1. The Hall–Kier alpha value is -0.920. The molecule has 7 heteroatoms. The van der Waals surface area contributed by atoms with E-state index in [-0.39, 0.29) is 11.1 Å². The van der Waals surface area contributed by atoms with Gasteiger partial charge in [-0.05, 0) is 19.8 Å². The number of ether oxygens (including phenoxy) is 1. The maximum Gasteiger partial charge on any atom is 0.260 e. The summed E-state index contributed by atoms with van der Waals surface area (Å²) >= 11 is 0. The molecule has 0 amide bonds. The summed E-state index contributed by atoms with van der Waals surface area (Å²) in [4.78, 5) is 6.69. The van der Waals surface area contributed by atoms with Crippen molar-refractivity contribution in [3.05, 3.63) is 12.0 Å². The van der Waals surface area contributed by atoms with Crippen LogP contribution in [0.15, 0.2) is 11.2 Å². The lowest BCUT2D eigenvalue weighted by molar-refractivity contribution is 0.0604. The first kappa shape index (κ1) is 12.5. The van der Waals surface area contributed by atoms with Crippen molar-refractivity contribution >= 4 is 10.0 Å². The monoisotopic (exact) mass is 259 g/mol. The van der Waals surface area contributed by atoms with Crippen LogP contribution >= 0.6 is 0 Å². The second kappa shape index (κ2) is 4.75. The number of aromatic nitrogens is 2. The van der Waals surface area contributed by atoms with Gasteiger partial charge in [0.2, 0.25) is 0 Å². The Balaban J connectivity index is 2.12. The van der Waals surface area contributed by atoms with Gasteiger partial charge in [0, 0.05) is 20.2 Å². The zero-order chi connectivity index (χ0) is 12.5. The summed E-state index contributed by atoms with van der Waals surface area (Å²) in [6.07, 6.45) is 3.02. The van der Waals surface area contributed by atoms with Crippen molar-refractivity contribution in [1.29, 1.82) is 0 Å². The molecule has 0 spiro atoms. The molecule has 0 unspecified atom stereocenters. The van der Waals surface area contributed by atoms with Crippen molar-refractivity contribution in [2.75, 3.05) is 20.2 Å². The number of H-pyrrole nitrogens is 1. The molecule has 0 atom stereocenters. The van der Waals surface area contributed by atoms with E-state index in [9.17, 15) is 8.42 Å². The minimum atomic E-state index is -3.41. The van der Waals surface area contributed by atoms with Crippen molar-refractivity contribution in [1.82, 2.24) is 14.3 Å². The zero-order valence-electron chi connectivity index (χ0n) is 10.0. The number of nitrogens with zero attached hydrogens (tertiary/aromatic N) is 2. The molecule has 17 heavy (non-hydrogen) atoms. The summed E-state index contributed by atoms with van der Waals surface area (Å²) in [7, 11) is -1.75. The molecule has 1 aliphatic heterocycles. The summed E-state index contributed by atoms with van der Waals surface area (Å²) in [6.45, 7) is 2.73. The predicted octanol–water partition coefficient (Wildman–Crippen LogP) is 0.518. The summed E-state index contributed by atoms with van der Waals surface area (Å²) in [6, 6.07) is 0. The van der Waals surface area contributed by atoms with E-state index >= 15 is 0 Å². The molecule has 1 aromatic heterocycles. The molecule has 0 aromatic carbocycles. The van der Waals surface area contributed by atoms with Gasteiger partial charge in [0.15, 0.2) is 5.03 Å². The van der Waals surface area contributed by atoms with Gasteiger partial charge in [-0.2, -0.15) is 4.31 Å². The molecule has 0 radical (unpaired) electrons. The van der Waals surface area contributed by atoms with Crippen LogP contribution in [0.2, 0.25) is 0 Å². The average molecular weight is 259 g/mol. The van der Waals surface area contributed by atoms with E-state index < -0.39 is 10.0 Å². The lowest BCUT2D eigenvalue weighted by atomic mass is 10.1. The van der Waals surface area contributed by atoms with E-state index in [0.29, 0.717) is 18.9 Å². The minimum absolute atomic E-state index is 0.171. The van der Waals surface area contributed by atoms with Crippen molar-refractivity contribution in [3.8, 4) is 0 Å². The van der Waals surface area contributed by atoms with E-state index in [1.807, 2.05) is 0 Å². The Kier molecular flexibility index (Phi) is 3.50. The van der Waals surface area contributed by atoms with Crippen LogP contribution in [-0.4, -0.2) is 49.0 Å². The number of aromatic amines is 1. The Morgan fingerprint density at radius 2 is 2.12 bits per heavy atom. The maximum atomic E-state index is 12.2. The van der Waals surface area contributed by atoms with Crippen molar-refractivity contribution < 1.29 is 13.2 Å². The van der Waals surface area contributed by atoms with Gasteiger partial charge in [0.05, 0.1) is 12.3 Å². The third-order valence-electron chi connectivity index (χ3n) is 3.03. The highest BCUT2D eigenvalue weighted by molar-refractivity contribution is 7.89. The smallest absolute Gasteiger partial charge is 0.260 e. The lowest BCUT2D eigenvalue weighted by Gasteiger charge is -2.29. The molecule has 0 bridgehead atoms. The highest BCUT2D eigenvalue weighted by Gasteiger charge is 2.30. The van der Waals surface area contributed by atoms with Gasteiger partial charge in [-0.25, -0.2) is 13.4 Å². The SMILES string of the molecule is COC1CCN(S(=O)(=O)c2cnc(C)[nH]2)CC1. The van der Waals surface area contributed by atoms with Crippen molar-refractivity contribution in [3.63, 3.8) is 0 Å². The van der Waals surface area contributed by atoms with Crippen LogP contribution in [0.1, 0.15) is 18.7 Å². The van der Waals surface area contributed by atoms with Crippen molar-refractivity contribution in [2.45, 2.75) is 30.9 Å². The summed E-state index contributed by atoms with van der Waals surface area (Å²) < 4.78 is 31.1. The van der Waals surface area contributed by atoms with Gasteiger partial charge in [-0.3, -0.25) is 0 Å². The van der Waals surface area contributed by atoms with Gasteiger partial charge in [-0.1, -0.05) is 0 Å². The quantitative estimate of drug-likeness (QED) is 0.858. The number of rotatable bonds is 3. The minimum Gasteiger partial charge on any atom is -0.381 e. The fourth-order valence-electron chi connectivity index (χ4n) is 1.98. The number of methoxy groups -OCH3 is 1. The van der Waals surface area contributed by atoms with Gasteiger partial charge >= 0.3 is 0 Å². The highest BCUT2D eigenvalue weighted by Crippen LogP contribution is 2.20. The number of nitrogens with one attached hydrogen (secondary N) is 1. The van der Waals surface area contributed by atoms with Crippen LogP contribution in [0, 0.1) is 6.92 Å². The molecular weight excluding hydrogens is 242 g/mol. The normalized spacial score (nSPS) is 19.6. The molecule has 1 fully saturated rings. The third-order valence-corrected chi connectivity index (χ3v) is 4.84. The second-order valence-electron chi connectivity index (χ2n) is 4.17. The van der Waals surface area contributed by atoms with Crippen LogP contribution < -0.4 is 0 Å². The molecule has 0 aliphatic carbocycles. The fraction of sp³-hybridized carbons (Fsp3) is 0.700. The Labute approximate surface area is 101 Å². The number of hydrogen-bond acceptors (Lipinski definition) is 4. The van der Waals surface area contributed by atoms with Crippen molar-refractivity contribution in [2.24, 2.45) is 0 Å². The molecule has 1 aromatic rings. The van der Waals surface area contributed by atoms with E-state index in [4.69, 9.17) is 4.74 Å². The standard InChI is InChI=1S/C10H17N3O3S/c1-8-11-7-10(12-8)17(14,15)13-5-3-9(16-2)4-6-13/h7,9H,3-6H2,1-2H3,(H,11,12). The lowest BCUT2D eigenvalue weighted by Crippen LogP contribution is -2.40. The molecule has 2 heterocycles. The van der Waals surface area contributed by atoms with E-state index in [1.165, 1.54) is 10.5 Å². The Morgan fingerprint density at radius 1 is 1.47 bits per heavy atom. The predicted molar refractivity (Wildman–Crippen MR) is 62.1 cm³/mol. The van der Waals surface area contributed by atoms with Gasteiger partial charge in [0.1, 0.15) is 5.82 Å². The first-order valence-electron chi connectivity index (χ1n) is 5.58. The molecule has 6 nitrogen and oxygen atoms in total. The average Bonchev–Trinajstić information content (AvgIpc) is 2.77. The molecule has 1 saturated heterocycles. The summed E-state index contributed by atoms with van der Waals surface area (Å²) in [5.74, 6) is 0.607. The summed E-state index contributed by atoms with van der Waals surface area (Å²) in [5.41, 5.74) is 0. The third kappa shape index (κ3) is 2.51. The number of imidazole rings is 1. The first-order chi connectivity index (χ1) is 8.04. The van der Waals surface area contributed by atoms with E-state index in [1.54, 1.807) is 14.0 Å². The van der Waals surface area contributed by atoms with Crippen LogP contribution in [0.4, 0.5) is 0 Å². The molecule has 96 valence electrons. The van der Waals surface area contributed by atoms with Crippen LogP contribution in [0.3, 0.4) is 0 Å². The highest BCUT2D eigenvalue weighted by atomic mass is 32.2. The van der Waals surface area contributed by atoms with Gasteiger partial charge < -0.3 is 9.72 Å². The topological polar surface area (TPSA) is 75.3 Å². The molecular formula is C10H17N3O3S. The number of hydrogen-bond donors (Lipinski definition) is 1. The zero-order valence-corrected chi connectivity index (χ0v) is 10.8. The molecule has 2 rings (SSSR count). The van der Waals surface area contributed by atoms with Crippen LogP contribution in [0.5, 0.6) is 0 Å². The van der Waals surface area contributed by atoms with E-state index in [0.717, 1.165) is 12.8 Å². The molecule has 1 N–H and O–H groups in total. The number of aryl methyl sites for hydroxylation is 1. The summed E-state index contributed by atoms with van der Waals surface area (Å²) in [5, 5.41) is 0.172. The Bertz CT molecular complexity index is 475. The molecule has 1 aliphatic rings. The molecule has 0 saturated carbocycles. The largest absolute Gasteiger partial charge is 0.381 e. The Morgan fingerprint density at radius 3 is 2.59 bits per heavy atom.